The molecule has 1 amide bonds. The van der Waals surface area contributed by atoms with Crippen molar-refractivity contribution in [3.05, 3.63) is 24.3 Å². The number of rotatable bonds is 6. The zero-order chi connectivity index (χ0) is 15.1. The van der Waals surface area contributed by atoms with E-state index in [2.05, 4.69) is 10.2 Å². The topological polar surface area (TPSA) is 58.6 Å². The number of methoxy groups -OCH3 is 1. The lowest BCUT2D eigenvalue weighted by atomic mass is 10.0. The molecule has 5 heteroatoms. The fourth-order valence-corrected chi connectivity index (χ4v) is 2.65. The van der Waals surface area contributed by atoms with E-state index in [1.807, 2.05) is 24.3 Å². The van der Waals surface area contributed by atoms with E-state index in [1.165, 1.54) is 0 Å². The Balaban J connectivity index is 1.85. The van der Waals surface area contributed by atoms with Gasteiger partial charge in [0.1, 0.15) is 12.0 Å². The first-order chi connectivity index (χ1) is 10.2. The summed E-state index contributed by atoms with van der Waals surface area (Å²) in [7, 11) is 1.58. The van der Waals surface area contributed by atoms with Gasteiger partial charge in [-0.25, -0.2) is 0 Å². The maximum Gasteiger partial charge on any atom is 0.225 e. The standard InChI is InChI=1S/C16H22N2O3/c1-21-15-8-3-2-7-14(15)17-16(20)9-11-18-10-5-4-6-13(18)12-19/h2-3,7-8,12-13H,4-6,9-11H2,1H3,(H,17,20). The zero-order valence-corrected chi connectivity index (χ0v) is 12.4. The molecule has 0 saturated carbocycles. The molecule has 1 heterocycles. The number of nitrogens with zero attached hydrogens (tertiary/aromatic N) is 1. The molecule has 1 atom stereocenters. The lowest BCUT2D eigenvalue weighted by Crippen LogP contribution is -2.41. The van der Waals surface area contributed by atoms with E-state index in [0.717, 1.165) is 32.1 Å². The minimum absolute atomic E-state index is 0.0298. The Hall–Kier alpha value is -1.88. The molecule has 0 radical (unpaired) electrons. The van der Waals surface area contributed by atoms with Crippen molar-refractivity contribution in [3.63, 3.8) is 0 Å². The number of ether oxygens (including phenoxy) is 1. The summed E-state index contributed by atoms with van der Waals surface area (Å²) in [5.74, 6) is 0.587. The van der Waals surface area contributed by atoms with E-state index in [9.17, 15) is 9.59 Å². The highest BCUT2D eigenvalue weighted by atomic mass is 16.5. The van der Waals surface area contributed by atoms with Crippen molar-refractivity contribution in [2.45, 2.75) is 31.7 Å². The van der Waals surface area contributed by atoms with Gasteiger partial charge in [-0.05, 0) is 31.5 Å². The SMILES string of the molecule is COc1ccccc1NC(=O)CCN1CCCCC1C=O. The van der Waals surface area contributed by atoms with Crippen LogP contribution in [0.2, 0.25) is 0 Å². The molecule has 1 aliphatic rings. The number of nitrogens with one attached hydrogen (secondary N) is 1. The molecule has 1 aromatic carbocycles. The van der Waals surface area contributed by atoms with Gasteiger partial charge in [0.25, 0.3) is 0 Å². The maximum absolute atomic E-state index is 12.0. The predicted octanol–water partition coefficient (Wildman–Crippen LogP) is 2.08. The first-order valence-corrected chi connectivity index (χ1v) is 7.37. The van der Waals surface area contributed by atoms with Gasteiger partial charge in [-0.2, -0.15) is 0 Å². The molecule has 114 valence electrons. The Morgan fingerprint density at radius 1 is 1.43 bits per heavy atom. The third-order valence-electron chi connectivity index (χ3n) is 3.83. The number of hydrogen-bond acceptors (Lipinski definition) is 4. The molecule has 1 N–H and O–H groups in total. The first kappa shape index (κ1) is 15.5. The number of carbonyl (C=O) groups excluding carboxylic acids is 2. The summed E-state index contributed by atoms with van der Waals surface area (Å²) in [5.41, 5.74) is 0.676. The van der Waals surface area contributed by atoms with Gasteiger partial charge in [-0.1, -0.05) is 18.6 Å². The Bertz CT molecular complexity index is 490. The van der Waals surface area contributed by atoms with Crippen molar-refractivity contribution in [1.29, 1.82) is 0 Å². The number of hydrogen-bond donors (Lipinski definition) is 1. The number of likely N-dealkylation sites (tertiary alicyclic amines) is 1. The van der Waals surface area contributed by atoms with Crippen LogP contribution >= 0.6 is 0 Å². The van der Waals surface area contributed by atoms with Crippen molar-refractivity contribution in [2.75, 3.05) is 25.5 Å². The van der Waals surface area contributed by atoms with E-state index in [0.29, 0.717) is 24.4 Å². The van der Waals surface area contributed by atoms with Gasteiger partial charge in [-0.15, -0.1) is 0 Å². The van der Waals surface area contributed by atoms with Crippen LogP contribution in [0.4, 0.5) is 5.69 Å². The second-order valence-electron chi connectivity index (χ2n) is 5.23. The number of carbonyl (C=O) groups is 2. The summed E-state index contributed by atoms with van der Waals surface area (Å²) in [4.78, 5) is 25.2. The lowest BCUT2D eigenvalue weighted by Gasteiger charge is -2.31. The largest absolute Gasteiger partial charge is 0.495 e. The summed E-state index contributed by atoms with van der Waals surface area (Å²) in [5, 5.41) is 2.85. The normalized spacial score (nSPS) is 19.0. The highest BCUT2D eigenvalue weighted by Gasteiger charge is 2.22. The Kier molecular flexibility index (Phi) is 5.75. The monoisotopic (exact) mass is 290 g/mol. The summed E-state index contributed by atoms with van der Waals surface area (Å²) in [6.07, 6.45) is 4.46. The molecule has 0 aromatic heterocycles. The molecule has 0 aliphatic carbocycles. The number of benzene rings is 1. The van der Waals surface area contributed by atoms with Gasteiger partial charge < -0.3 is 14.8 Å². The number of para-hydroxylation sites is 2. The van der Waals surface area contributed by atoms with Crippen LogP contribution in [0.1, 0.15) is 25.7 Å². The summed E-state index contributed by atoms with van der Waals surface area (Å²) < 4.78 is 5.20. The van der Waals surface area contributed by atoms with E-state index in [-0.39, 0.29) is 11.9 Å². The van der Waals surface area contributed by atoms with Crippen molar-refractivity contribution in [2.24, 2.45) is 0 Å². The third kappa shape index (κ3) is 4.29. The third-order valence-corrected chi connectivity index (χ3v) is 3.83. The van der Waals surface area contributed by atoms with Crippen molar-refractivity contribution >= 4 is 17.9 Å². The van der Waals surface area contributed by atoms with Crippen LogP contribution in [-0.2, 0) is 9.59 Å². The van der Waals surface area contributed by atoms with E-state index in [1.54, 1.807) is 7.11 Å². The smallest absolute Gasteiger partial charge is 0.225 e. The van der Waals surface area contributed by atoms with E-state index in [4.69, 9.17) is 4.74 Å². The Labute approximate surface area is 125 Å². The summed E-state index contributed by atoms with van der Waals surface area (Å²) in [6.45, 7) is 1.51. The highest BCUT2D eigenvalue weighted by Crippen LogP contribution is 2.23. The molecular formula is C16H22N2O3. The molecule has 5 nitrogen and oxygen atoms in total. The molecule has 1 fully saturated rings. The van der Waals surface area contributed by atoms with Gasteiger partial charge in [0.15, 0.2) is 0 Å². The average Bonchev–Trinajstić information content (AvgIpc) is 2.53. The van der Waals surface area contributed by atoms with Gasteiger partial charge in [0, 0.05) is 13.0 Å². The Morgan fingerprint density at radius 2 is 2.24 bits per heavy atom. The lowest BCUT2D eigenvalue weighted by molar-refractivity contribution is -0.118. The van der Waals surface area contributed by atoms with Gasteiger partial charge in [-0.3, -0.25) is 9.69 Å². The second-order valence-corrected chi connectivity index (χ2v) is 5.23. The minimum atomic E-state index is -0.0604. The molecule has 1 aliphatic heterocycles. The molecule has 21 heavy (non-hydrogen) atoms. The minimum Gasteiger partial charge on any atom is -0.495 e. The van der Waals surface area contributed by atoms with Crippen LogP contribution in [0.3, 0.4) is 0 Å². The predicted molar refractivity (Wildman–Crippen MR) is 81.5 cm³/mol. The molecule has 0 bridgehead atoms. The molecule has 1 saturated heterocycles. The van der Waals surface area contributed by atoms with E-state index < -0.39 is 0 Å². The zero-order valence-electron chi connectivity index (χ0n) is 12.4. The summed E-state index contributed by atoms with van der Waals surface area (Å²) in [6, 6.07) is 7.30. The van der Waals surface area contributed by atoms with Gasteiger partial charge in [0.05, 0.1) is 18.8 Å². The fourth-order valence-electron chi connectivity index (χ4n) is 2.65. The van der Waals surface area contributed by atoms with Crippen LogP contribution in [0.5, 0.6) is 5.75 Å². The summed E-state index contributed by atoms with van der Waals surface area (Å²) >= 11 is 0. The first-order valence-electron chi connectivity index (χ1n) is 7.37. The van der Waals surface area contributed by atoms with Gasteiger partial charge in [0.2, 0.25) is 5.91 Å². The number of piperidine rings is 1. The van der Waals surface area contributed by atoms with Gasteiger partial charge >= 0.3 is 0 Å². The fraction of sp³-hybridized carbons (Fsp3) is 0.500. The van der Waals surface area contributed by atoms with E-state index >= 15 is 0 Å². The van der Waals surface area contributed by atoms with Crippen molar-refractivity contribution in [3.8, 4) is 5.75 Å². The number of amides is 1. The van der Waals surface area contributed by atoms with Crippen molar-refractivity contribution in [1.82, 2.24) is 4.90 Å². The number of anilines is 1. The van der Waals surface area contributed by atoms with Crippen LogP contribution in [0.25, 0.3) is 0 Å². The molecule has 1 unspecified atom stereocenters. The molecular weight excluding hydrogens is 268 g/mol. The quantitative estimate of drug-likeness (QED) is 0.815. The van der Waals surface area contributed by atoms with Crippen LogP contribution in [-0.4, -0.2) is 43.3 Å². The molecule has 2 rings (SSSR count). The second kappa shape index (κ2) is 7.78. The highest BCUT2D eigenvalue weighted by molar-refractivity contribution is 5.92. The van der Waals surface area contributed by atoms with Crippen molar-refractivity contribution < 1.29 is 14.3 Å². The van der Waals surface area contributed by atoms with Crippen LogP contribution in [0.15, 0.2) is 24.3 Å². The van der Waals surface area contributed by atoms with Crippen LogP contribution < -0.4 is 10.1 Å². The molecule has 0 spiro atoms. The number of aldehydes is 1. The molecule has 1 aromatic rings. The van der Waals surface area contributed by atoms with Crippen LogP contribution in [0, 0.1) is 0 Å². The maximum atomic E-state index is 12.0. The Morgan fingerprint density at radius 3 is 3.00 bits per heavy atom. The average molecular weight is 290 g/mol.